The van der Waals surface area contributed by atoms with Crippen molar-refractivity contribution in [2.24, 2.45) is 0 Å². The summed E-state index contributed by atoms with van der Waals surface area (Å²) in [5.74, 6) is -0.303. The van der Waals surface area contributed by atoms with Crippen molar-refractivity contribution in [2.45, 2.75) is 32.5 Å². The average molecular weight is 439 g/mol. The van der Waals surface area contributed by atoms with E-state index in [1.54, 1.807) is 29.2 Å². The van der Waals surface area contributed by atoms with E-state index in [9.17, 15) is 18.0 Å². The van der Waals surface area contributed by atoms with Crippen LogP contribution in [0.5, 0.6) is 0 Å². The zero-order valence-corrected chi connectivity index (χ0v) is 18.3. The predicted molar refractivity (Wildman–Crippen MR) is 112 cm³/mol. The Kier molecular flexibility index (Phi) is 7.45. The Balaban J connectivity index is 1.44. The zero-order valence-electron chi connectivity index (χ0n) is 17.5. The van der Waals surface area contributed by atoms with E-state index in [-0.39, 0.29) is 50.1 Å². The maximum Gasteiger partial charge on any atom is 0.282 e. The molecule has 166 valence electrons. The minimum Gasteiger partial charge on any atom is -0.373 e. The first kappa shape index (κ1) is 22.7. The lowest BCUT2D eigenvalue weighted by Crippen LogP contribution is -2.57. The fraction of sp³-hybridized carbons (Fsp3) is 0.600. The van der Waals surface area contributed by atoms with Gasteiger partial charge in [0.25, 0.3) is 16.1 Å². The van der Waals surface area contributed by atoms with Gasteiger partial charge in [0.15, 0.2) is 0 Å². The number of hydrogen-bond donors (Lipinski definition) is 1. The van der Waals surface area contributed by atoms with Gasteiger partial charge in [-0.25, -0.2) is 0 Å². The number of hydrogen-bond acceptors (Lipinski definition) is 5. The molecule has 0 bridgehead atoms. The minimum absolute atomic E-state index is 0.0889. The maximum atomic E-state index is 12.9. The van der Waals surface area contributed by atoms with Crippen molar-refractivity contribution in [1.82, 2.24) is 18.8 Å². The topological polar surface area (TPSA) is 99.3 Å². The number of carbonyl (C=O) groups excluding carboxylic acids is 2. The molecule has 0 aliphatic carbocycles. The third-order valence-corrected chi connectivity index (χ3v) is 7.26. The molecular formula is C20H30N4O5S. The Morgan fingerprint density at radius 3 is 2.20 bits per heavy atom. The van der Waals surface area contributed by atoms with E-state index >= 15 is 0 Å². The summed E-state index contributed by atoms with van der Waals surface area (Å²) in [6.07, 6.45) is -0.0981. The molecule has 2 aliphatic heterocycles. The highest BCUT2D eigenvalue weighted by Gasteiger charge is 2.37. The lowest BCUT2D eigenvalue weighted by molar-refractivity contribution is -0.132. The highest BCUT2D eigenvalue weighted by molar-refractivity contribution is 7.86. The zero-order chi connectivity index (χ0) is 21.7. The lowest BCUT2D eigenvalue weighted by Gasteiger charge is -2.40. The van der Waals surface area contributed by atoms with Crippen molar-refractivity contribution in [1.29, 1.82) is 0 Å². The number of nitrogens with zero attached hydrogens (tertiary/aromatic N) is 3. The fourth-order valence-corrected chi connectivity index (χ4v) is 5.53. The largest absolute Gasteiger partial charge is 0.373 e. The molecule has 2 unspecified atom stereocenters. The molecule has 2 heterocycles. The number of morpholine rings is 1. The molecule has 0 aromatic heterocycles. The molecule has 2 fully saturated rings. The summed E-state index contributed by atoms with van der Waals surface area (Å²) >= 11 is 0. The second-order valence-electron chi connectivity index (χ2n) is 7.73. The highest BCUT2D eigenvalue weighted by atomic mass is 32.2. The Hall–Kier alpha value is -2.01. The van der Waals surface area contributed by atoms with Gasteiger partial charge in [-0.05, 0) is 26.0 Å². The number of amides is 2. The lowest BCUT2D eigenvalue weighted by atomic mass is 10.2. The van der Waals surface area contributed by atoms with Crippen LogP contribution in [0, 0.1) is 0 Å². The molecule has 1 aromatic carbocycles. The van der Waals surface area contributed by atoms with Crippen LogP contribution in [0.4, 0.5) is 0 Å². The summed E-state index contributed by atoms with van der Waals surface area (Å²) in [4.78, 5) is 26.1. The van der Waals surface area contributed by atoms with Crippen molar-refractivity contribution in [2.75, 3.05) is 45.8 Å². The molecule has 1 aromatic rings. The second-order valence-corrected chi connectivity index (χ2v) is 9.66. The molecule has 0 radical (unpaired) electrons. The van der Waals surface area contributed by atoms with Gasteiger partial charge in [-0.15, -0.1) is 0 Å². The van der Waals surface area contributed by atoms with Gasteiger partial charge in [0.1, 0.15) is 0 Å². The van der Waals surface area contributed by atoms with Gasteiger partial charge in [-0.2, -0.15) is 17.0 Å². The van der Waals surface area contributed by atoms with Gasteiger partial charge in [-0.3, -0.25) is 9.59 Å². The summed E-state index contributed by atoms with van der Waals surface area (Å²) in [5, 5.41) is 2.74. The quantitative estimate of drug-likeness (QED) is 0.689. The first-order valence-corrected chi connectivity index (χ1v) is 11.7. The first-order valence-electron chi connectivity index (χ1n) is 10.3. The average Bonchev–Trinajstić information content (AvgIpc) is 2.73. The number of benzene rings is 1. The minimum atomic E-state index is -3.57. The molecule has 2 atom stereocenters. The third-order valence-electron chi connectivity index (χ3n) is 5.29. The molecule has 0 spiro atoms. The Morgan fingerprint density at radius 2 is 1.60 bits per heavy atom. The van der Waals surface area contributed by atoms with E-state index in [0.29, 0.717) is 31.7 Å². The smallest absolute Gasteiger partial charge is 0.282 e. The number of nitrogens with one attached hydrogen (secondary N) is 1. The Morgan fingerprint density at radius 1 is 1.00 bits per heavy atom. The van der Waals surface area contributed by atoms with E-state index in [4.69, 9.17) is 4.74 Å². The van der Waals surface area contributed by atoms with E-state index < -0.39 is 10.2 Å². The van der Waals surface area contributed by atoms with Crippen LogP contribution in [0.15, 0.2) is 30.3 Å². The molecule has 10 heteroatoms. The van der Waals surface area contributed by atoms with Crippen molar-refractivity contribution < 1.29 is 22.7 Å². The van der Waals surface area contributed by atoms with Crippen molar-refractivity contribution >= 4 is 22.0 Å². The van der Waals surface area contributed by atoms with Crippen LogP contribution < -0.4 is 5.32 Å². The van der Waals surface area contributed by atoms with Gasteiger partial charge >= 0.3 is 0 Å². The van der Waals surface area contributed by atoms with Crippen LogP contribution >= 0.6 is 0 Å². The van der Waals surface area contributed by atoms with Gasteiger partial charge in [0, 0.05) is 57.8 Å². The Labute approximate surface area is 178 Å². The van der Waals surface area contributed by atoms with E-state index in [1.165, 1.54) is 8.61 Å². The standard InChI is InChI=1S/C20H30N4O5S/c1-16-14-24(15-17(2)29-16)30(27,28)23-12-10-22(11-13-23)19(25)8-9-21-20(26)18-6-4-3-5-7-18/h3-7,16-17H,8-15H2,1-2H3,(H,21,26). The van der Waals surface area contributed by atoms with Crippen molar-refractivity contribution in [3.8, 4) is 0 Å². The normalized spacial score (nSPS) is 23.9. The van der Waals surface area contributed by atoms with Crippen LogP contribution in [-0.2, 0) is 19.7 Å². The van der Waals surface area contributed by atoms with Crippen LogP contribution in [0.1, 0.15) is 30.6 Å². The van der Waals surface area contributed by atoms with Gasteiger partial charge < -0.3 is 15.0 Å². The molecule has 30 heavy (non-hydrogen) atoms. The first-order chi connectivity index (χ1) is 14.3. The SMILES string of the molecule is CC1CN(S(=O)(=O)N2CCN(C(=O)CCNC(=O)c3ccccc3)CC2)CC(C)O1. The van der Waals surface area contributed by atoms with E-state index in [2.05, 4.69) is 5.32 Å². The Bertz CT molecular complexity index is 830. The summed E-state index contributed by atoms with van der Waals surface area (Å²) in [6.45, 7) is 5.89. The van der Waals surface area contributed by atoms with E-state index in [0.717, 1.165) is 0 Å². The van der Waals surface area contributed by atoms with Crippen molar-refractivity contribution in [3.63, 3.8) is 0 Å². The summed E-state index contributed by atoms with van der Waals surface area (Å²) < 4.78 is 34.4. The molecule has 2 amide bonds. The summed E-state index contributed by atoms with van der Waals surface area (Å²) in [7, 11) is -3.57. The van der Waals surface area contributed by atoms with Gasteiger partial charge in [0.2, 0.25) is 5.91 Å². The second kappa shape index (κ2) is 9.86. The monoisotopic (exact) mass is 438 g/mol. The van der Waals surface area contributed by atoms with Gasteiger partial charge in [0.05, 0.1) is 12.2 Å². The molecular weight excluding hydrogens is 408 g/mol. The summed E-state index contributed by atoms with van der Waals surface area (Å²) in [5.41, 5.74) is 0.551. The maximum absolute atomic E-state index is 12.9. The predicted octanol–water partition coefficient (Wildman–Crippen LogP) is 0.305. The van der Waals surface area contributed by atoms with E-state index in [1.807, 2.05) is 19.9 Å². The van der Waals surface area contributed by atoms with Crippen LogP contribution in [0.25, 0.3) is 0 Å². The van der Waals surface area contributed by atoms with Crippen LogP contribution in [0.3, 0.4) is 0 Å². The molecule has 1 N–H and O–H groups in total. The molecule has 0 saturated carbocycles. The third kappa shape index (κ3) is 5.57. The molecule has 9 nitrogen and oxygen atoms in total. The fourth-order valence-electron chi connectivity index (χ4n) is 3.78. The molecule has 2 aliphatic rings. The number of rotatable bonds is 6. The van der Waals surface area contributed by atoms with Crippen LogP contribution in [0.2, 0.25) is 0 Å². The van der Waals surface area contributed by atoms with Crippen molar-refractivity contribution in [3.05, 3.63) is 35.9 Å². The molecule has 3 rings (SSSR count). The number of ether oxygens (including phenoxy) is 1. The van der Waals surface area contributed by atoms with Gasteiger partial charge in [-0.1, -0.05) is 18.2 Å². The number of piperazine rings is 1. The summed E-state index contributed by atoms with van der Waals surface area (Å²) in [6, 6.07) is 8.83. The highest BCUT2D eigenvalue weighted by Crippen LogP contribution is 2.19. The number of carbonyl (C=O) groups is 2. The van der Waals surface area contributed by atoms with Crippen LogP contribution in [-0.4, -0.2) is 91.8 Å². The molecule has 2 saturated heterocycles.